The van der Waals surface area contributed by atoms with Crippen molar-refractivity contribution in [1.82, 2.24) is 4.98 Å². The van der Waals surface area contributed by atoms with E-state index in [2.05, 4.69) is 10.3 Å². The van der Waals surface area contributed by atoms with Crippen LogP contribution in [0.3, 0.4) is 0 Å². The van der Waals surface area contributed by atoms with Crippen LogP contribution in [0.25, 0.3) is 0 Å². The molecule has 1 aromatic heterocycles. The number of nitrogens with zero attached hydrogens (tertiary/aromatic N) is 1. The Morgan fingerprint density at radius 3 is 2.95 bits per heavy atom. The first-order valence-electron chi connectivity index (χ1n) is 5.86. The summed E-state index contributed by atoms with van der Waals surface area (Å²) in [5, 5.41) is 2.81. The first kappa shape index (κ1) is 11.5. The van der Waals surface area contributed by atoms with Gasteiger partial charge in [0, 0.05) is 23.6 Å². The summed E-state index contributed by atoms with van der Waals surface area (Å²) in [5.74, 6) is 1.14. The molecule has 0 radical (unpaired) electrons. The van der Waals surface area contributed by atoms with E-state index in [1.807, 2.05) is 0 Å². The van der Waals surface area contributed by atoms with Gasteiger partial charge in [-0.15, -0.1) is 0 Å². The smallest absolute Gasteiger partial charge is 0.257 e. The van der Waals surface area contributed by atoms with Crippen molar-refractivity contribution in [2.75, 3.05) is 12.1 Å². The number of amides is 1. The van der Waals surface area contributed by atoms with E-state index in [-0.39, 0.29) is 12.7 Å². The predicted octanol–water partition coefficient (Wildman–Crippen LogP) is 2.37. The van der Waals surface area contributed by atoms with Crippen molar-refractivity contribution < 1.29 is 14.3 Å². The minimum Gasteiger partial charge on any atom is -0.454 e. The molecule has 1 aliphatic heterocycles. The Balaban J connectivity index is 1.82. The molecule has 1 aromatic carbocycles. The van der Waals surface area contributed by atoms with Crippen molar-refractivity contribution in [3.8, 4) is 11.5 Å². The van der Waals surface area contributed by atoms with Crippen LogP contribution in [0.15, 0.2) is 36.5 Å². The molecule has 0 aliphatic carbocycles. The van der Waals surface area contributed by atoms with E-state index in [0.29, 0.717) is 28.4 Å². The molecule has 5 nitrogen and oxygen atoms in total. The molecule has 0 unspecified atom stereocenters. The molecule has 5 heteroatoms. The number of aromatic nitrogens is 1. The predicted molar refractivity (Wildman–Crippen MR) is 69.5 cm³/mol. The molecule has 1 amide bonds. The number of ether oxygens (including phenoxy) is 2. The maximum atomic E-state index is 12.1. The number of carbonyl (C=O) groups excluding carboxylic acids is 1. The Bertz CT molecular complexity index is 640. The van der Waals surface area contributed by atoms with Crippen molar-refractivity contribution in [1.29, 1.82) is 0 Å². The van der Waals surface area contributed by atoms with Crippen molar-refractivity contribution in [2.45, 2.75) is 6.92 Å². The number of hydrogen-bond donors (Lipinski definition) is 1. The molecule has 0 bridgehead atoms. The summed E-state index contributed by atoms with van der Waals surface area (Å²) < 4.78 is 10.5. The zero-order chi connectivity index (χ0) is 13.2. The first-order chi connectivity index (χ1) is 9.24. The Hall–Kier alpha value is -2.56. The summed E-state index contributed by atoms with van der Waals surface area (Å²) in [4.78, 5) is 16.2. The van der Waals surface area contributed by atoms with Gasteiger partial charge >= 0.3 is 0 Å². The van der Waals surface area contributed by atoms with Gasteiger partial charge in [0.25, 0.3) is 5.91 Å². The summed E-state index contributed by atoms with van der Waals surface area (Å²) in [6, 6.07) is 8.77. The lowest BCUT2D eigenvalue weighted by atomic mass is 10.2. The quantitative estimate of drug-likeness (QED) is 0.896. The highest BCUT2D eigenvalue weighted by Crippen LogP contribution is 2.34. The average molecular weight is 256 g/mol. The number of rotatable bonds is 2. The Kier molecular flexibility index (Phi) is 2.79. The Morgan fingerprint density at radius 2 is 2.11 bits per heavy atom. The molecule has 0 saturated carbocycles. The molecule has 0 spiro atoms. The molecular formula is C14H12N2O3. The molecule has 0 atom stereocenters. The van der Waals surface area contributed by atoms with E-state index in [0.717, 1.165) is 0 Å². The standard InChI is InChI=1S/C14H12N2O3/c1-9-11(3-2-6-15-9)14(17)16-10-4-5-12-13(7-10)19-8-18-12/h2-7H,8H2,1H3,(H,16,17). The maximum absolute atomic E-state index is 12.1. The second kappa shape index (κ2) is 4.61. The first-order valence-corrected chi connectivity index (χ1v) is 5.86. The van der Waals surface area contributed by atoms with Crippen molar-refractivity contribution >= 4 is 11.6 Å². The zero-order valence-corrected chi connectivity index (χ0v) is 10.3. The lowest BCUT2D eigenvalue weighted by Crippen LogP contribution is -2.13. The molecule has 2 aromatic rings. The van der Waals surface area contributed by atoms with Gasteiger partial charge in [-0.3, -0.25) is 9.78 Å². The van der Waals surface area contributed by atoms with E-state index in [1.165, 1.54) is 0 Å². The van der Waals surface area contributed by atoms with Crippen LogP contribution in [-0.4, -0.2) is 17.7 Å². The molecule has 3 rings (SSSR count). The van der Waals surface area contributed by atoms with Gasteiger partial charge in [0.2, 0.25) is 6.79 Å². The number of carbonyl (C=O) groups is 1. The van der Waals surface area contributed by atoms with Crippen LogP contribution in [0.1, 0.15) is 16.1 Å². The fourth-order valence-electron chi connectivity index (χ4n) is 1.90. The number of hydrogen-bond acceptors (Lipinski definition) is 4. The summed E-state index contributed by atoms with van der Waals surface area (Å²) in [6.07, 6.45) is 1.66. The summed E-state index contributed by atoms with van der Waals surface area (Å²) in [6.45, 7) is 2.02. The number of fused-ring (bicyclic) bond motifs is 1. The highest BCUT2D eigenvalue weighted by molar-refractivity contribution is 6.05. The van der Waals surface area contributed by atoms with Gasteiger partial charge < -0.3 is 14.8 Å². The molecule has 19 heavy (non-hydrogen) atoms. The van der Waals surface area contributed by atoms with Gasteiger partial charge in [-0.05, 0) is 31.2 Å². The topological polar surface area (TPSA) is 60.5 Å². The molecule has 1 N–H and O–H groups in total. The third-order valence-corrected chi connectivity index (χ3v) is 2.88. The third kappa shape index (κ3) is 2.22. The lowest BCUT2D eigenvalue weighted by molar-refractivity contribution is 0.102. The largest absolute Gasteiger partial charge is 0.454 e. The lowest BCUT2D eigenvalue weighted by Gasteiger charge is -2.07. The highest BCUT2D eigenvalue weighted by atomic mass is 16.7. The monoisotopic (exact) mass is 256 g/mol. The minimum atomic E-state index is -0.190. The van der Waals surface area contributed by atoms with Crippen molar-refractivity contribution in [3.05, 3.63) is 47.8 Å². The molecule has 0 saturated heterocycles. The zero-order valence-electron chi connectivity index (χ0n) is 10.3. The van der Waals surface area contributed by atoms with E-state index < -0.39 is 0 Å². The van der Waals surface area contributed by atoms with Crippen LogP contribution < -0.4 is 14.8 Å². The van der Waals surface area contributed by atoms with Crippen LogP contribution >= 0.6 is 0 Å². The van der Waals surface area contributed by atoms with Gasteiger partial charge in [0.15, 0.2) is 11.5 Å². The van der Waals surface area contributed by atoms with Gasteiger partial charge in [-0.2, -0.15) is 0 Å². The van der Waals surface area contributed by atoms with Gasteiger partial charge in [-0.1, -0.05) is 0 Å². The number of benzene rings is 1. The van der Waals surface area contributed by atoms with Gasteiger partial charge in [0.1, 0.15) is 0 Å². The number of anilines is 1. The number of aryl methyl sites for hydroxylation is 1. The number of pyridine rings is 1. The van der Waals surface area contributed by atoms with Crippen molar-refractivity contribution in [3.63, 3.8) is 0 Å². The minimum absolute atomic E-state index is 0.190. The molecule has 0 fully saturated rings. The average Bonchev–Trinajstić information content (AvgIpc) is 2.86. The fraction of sp³-hybridized carbons (Fsp3) is 0.143. The molecule has 1 aliphatic rings. The summed E-state index contributed by atoms with van der Waals surface area (Å²) >= 11 is 0. The fourth-order valence-corrected chi connectivity index (χ4v) is 1.90. The summed E-state index contributed by atoms with van der Waals surface area (Å²) in [5.41, 5.74) is 1.92. The van der Waals surface area contributed by atoms with Crippen LogP contribution in [0.4, 0.5) is 5.69 Å². The van der Waals surface area contributed by atoms with Crippen LogP contribution in [-0.2, 0) is 0 Å². The summed E-state index contributed by atoms with van der Waals surface area (Å²) in [7, 11) is 0. The Labute approximate surface area is 110 Å². The van der Waals surface area contributed by atoms with E-state index in [4.69, 9.17) is 9.47 Å². The second-order valence-corrected chi connectivity index (χ2v) is 4.16. The molecular weight excluding hydrogens is 244 g/mol. The van der Waals surface area contributed by atoms with E-state index in [1.54, 1.807) is 43.5 Å². The highest BCUT2D eigenvalue weighted by Gasteiger charge is 2.15. The van der Waals surface area contributed by atoms with Gasteiger partial charge in [-0.25, -0.2) is 0 Å². The van der Waals surface area contributed by atoms with Crippen LogP contribution in [0.2, 0.25) is 0 Å². The SMILES string of the molecule is Cc1ncccc1C(=O)Nc1ccc2c(c1)OCO2. The third-order valence-electron chi connectivity index (χ3n) is 2.88. The van der Waals surface area contributed by atoms with E-state index >= 15 is 0 Å². The van der Waals surface area contributed by atoms with Gasteiger partial charge in [0.05, 0.1) is 5.56 Å². The van der Waals surface area contributed by atoms with Crippen LogP contribution in [0.5, 0.6) is 11.5 Å². The normalized spacial score (nSPS) is 12.3. The maximum Gasteiger partial charge on any atom is 0.257 e. The van der Waals surface area contributed by atoms with Crippen molar-refractivity contribution in [2.24, 2.45) is 0 Å². The van der Waals surface area contributed by atoms with Crippen LogP contribution in [0, 0.1) is 6.92 Å². The Morgan fingerprint density at radius 1 is 1.26 bits per heavy atom. The number of nitrogens with one attached hydrogen (secondary N) is 1. The molecule has 96 valence electrons. The molecule has 2 heterocycles. The van der Waals surface area contributed by atoms with E-state index in [9.17, 15) is 4.79 Å². The second-order valence-electron chi connectivity index (χ2n) is 4.16.